The fraction of sp³-hybridized carbons (Fsp3) is 0.619. The highest BCUT2D eigenvalue weighted by Crippen LogP contribution is 2.39. The standard InChI is InChI=1S/C21H31NO4/c1-16(2)5-7-21(15-23)6-4-8-22(14-21)13-17-11-19-20(12-18(17)24-3)26-10-9-25-19/h5,11-12,23H,4,6-10,13-15H2,1-3H3/t21-/m0/s1. The van der Waals surface area contributed by atoms with E-state index in [4.69, 9.17) is 14.2 Å². The van der Waals surface area contributed by atoms with Crippen molar-refractivity contribution in [2.75, 3.05) is 40.0 Å². The first-order valence-electron chi connectivity index (χ1n) is 9.48. The fourth-order valence-corrected chi connectivity index (χ4v) is 3.89. The van der Waals surface area contributed by atoms with Crippen LogP contribution in [0.1, 0.15) is 38.7 Å². The van der Waals surface area contributed by atoms with Gasteiger partial charge in [-0.1, -0.05) is 11.6 Å². The van der Waals surface area contributed by atoms with E-state index in [1.165, 1.54) is 5.57 Å². The summed E-state index contributed by atoms with van der Waals surface area (Å²) in [5.41, 5.74) is 2.37. The second-order valence-corrected chi connectivity index (χ2v) is 7.77. The van der Waals surface area contributed by atoms with Crippen LogP contribution in [-0.4, -0.2) is 50.0 Å². The zero-order valence-corrected chi connectivity index (χ0v) is 16.2. The van der Waals surface area contributed by atoms with Gasteiger partial charge in [0.15, 0.2) is 11.5 Å². The summed E-state index contributed by atoms with van der Waals surface area (Å²) in [6, 6.07) is 3.97. The van der Waals surface area contributed by atoms with Crippen LogP contribution in [0, 0.1) is 5.41 Å². The summed E-state index contributed by atoms with van der Waals surface area (Å²) in [6.45, 7) is 8.34. The Morgan fingerprint density at radius 3 is 2.65 bits per heavy atom. The lowest BCUT2D eigenvalue weighted by Crippen LogP contribution is -2.44. The maximum Gasteiger partial charge on any atom is 0.165 e. The van der Waals surface area contributed by atoms with E-state index in [1.807, 2.05) is 12.1 Å². The van der Waals surface area contributed by atoms with E-state index < -0.39 is 0 Å². The zero-order valence-electron chi connectivity index (χ0n) is 16.2. The van der Waals surface area contributed by atoms with E-state index in [0.29, 0.717) is 13.2 Å². The summed E-state index contributed by atoms with van der Waals surface area (Å²) >= 11 is 0. The van der Waals surface area contributed by atoms with E-state index in [2.05, 4.69) is 24.8 Å². The molecule has 1 aromatic carbocycles. The first kappa shape index (κ1) is 19.1. The number of aliphatic hydroxyl groups is 1. The number of likely N-dealkylation sites (tertiary alicyclic amines) is 1. The third-order valence-corrected chi connectivity index (χ3v) is 5.36. The third-order valence-electron chi connectivity index (χ3n) is 5.36. The van der Waals surface area contributed by atoms with E-state index >= 15 is 0 Å². The van der Waals surface area contributed by atoms with Crippen molar-refractivity contribution in [3.8, 4) is 17.2 Å². The van der Waals surface area contributed by atoms with Crippen molar-refractivity contribution in [3.05, 3.63) is 29.3 Å². The lowest BCUT2D eigenvalue weighted by molar-refractivity contribution is 0.0304. The van der Waals surface area contributed by atoms with Gasteiger partial charge in [-0.25, -0.2) is 0 Å². The van der Waals surface area contributed by atoms with E-state index in [1.54, 1.807) is 7.11 Å². The second kappa shape index (κ2) is 8.31. The monoisotopic (exact) mass is 361 g/mol. The number of benzene rings is 1. The number of hydrogen-bond acceptors (Lipinski definition) is 5. The molecule has 0 radical (unpaired) electrons. The summed E-state index contributed by atoms with van der Waals surface area (Å²) in [7, 11) is 1.69. The molecule has 0 bridgehead atoms. The van der Waals surface area contributed by atoms with Gasteiger partial charge in [-0.15, -0.1) is 0 Å². The number of piperidine rings is 1. The van der Waals surface area contributed by atoms with Crippen molar-refractivity contribution in [2.24, 2.45) is 5.41 Å². The maximum absolute atomic E-state index is 10.1. The normalized spacial score (nSPS) is 22.8. The van der Waals surface area contributed by atoms with Gasteiger partial charge in [-0.05, 0) is 45.7 Å². The highest BCUT2D eigenvalue weighted by Gasteiger charge is 2.34. The van der Waals surface area contributed by atoms with Crippen LogP contribution in [-0.2, 0) is 6.54 Å². The van der Waals surface area contributed by atoms with Gasteiger partial charge in [0.05, 0.1) is 13.7 Å². The predicted octanol–water partition coefficient (Wildman–Crippen LogP) is 3.40. The summed E-state index contributed by atoms with van der Waals surface area (Å²) in [6.07, 6.45) is 5.36. The highest BCUT2D eigenvalue weighted by molar-refractivity contribution is 5.51. The molecule has 1 atom stereocenters. The number of ether oxygens (including phenoxy) is 3. The van der Waals surface area contributed by atoms with E-state index in [0.717, 1.165) is 61.7 Å². The second-order valence-electron chi connectivity index (χ2n) is 7.77. The van der Waals surface area contributed by atoms with Gasteiger partial charge in [-0.2, -0.15) is 0 Å². The average Bonchev–Trinajstić information content (AvgIpc) is 2.66. The van der Waals surface area contributed by atoms with Crippen molar-refractivity contribution in [1.82, 2.24) is 4.90 Å². The summed E-state index contributed by atoms with van der Waals surface area (Å²) in [5.74, 6) is 2.38. The zero-order chi connectivity index (χ0) is 18.6. The van der Waals surface area contributed by atoms with Crippen LogP contribution in [0.4, 0.5) is 0 Å². The average molecular weight is 361 g/mol. The molecule has 0 aliphatic carbocycles. The molecule has 3 rings (SSSR count). The number of allylic oxidation sites excluding steroid dienone is 2. The minimum atomic E-state index is -0.0451. The number of rotatable bonds is 6. The Kier molecular flexibility index (Phi) is 6.09. The van der Waals surface area contributed by atoms with Crippen molar-refractivity contribution in [3.63, 3.8) is 0 Å². The number of fused-ring (bicyclic) bond motifs is 1. The summed E-state index contributed by atoms with van der Waals surface area (Å²) in [4.78, 5) is 2.42. The largest absolute Gasteiger partial charge is 0.496 e. The third kappa shape index (κ3) is 4.33. The lowest BCUT2D eigenvalue weighted by atomic mass is 9.77. The molecule has 0 amide bonds. The molecule has 2 heterocycles. The van der Waals surface area contributed by atoms with Crippen LogP contribution in [0.5, 0.6) is 17.2 Å². The van der Waals surface area contributed by atoms with Gasteiger partial charge in [0.1, 0.15) is 19.0 Å². The number of aliphatic hydroxyl groups excluding tert-OH is 1. The van der Waals surface area contributed by atoms with Crippen LogP contribution in [0.25, 0.3) is 0 Å². The smallest absolute Gasteiger partial charge is 0.165 e. The Morgan fingerprint density at radius 1 is 1.27 bits per heavy atom. The van der Waals surface area contributed by atoms with Crippen LogP contribution in [0.3, 0.4) is 0 Å². The molecule has 5 nitrogen and oxygen atoms in total. The van der Waals surface area contributed by atoms with Crippen molar-refractivity contribution in [2.45, 2.75) is 39.7 Å². The van der Waals surface area contributed by atoms with Crippen LogP contribution in [0.2, 0.25) is 0 Å². The molecule has 0 unspecified atom stereocenters. The van der Waals surface area contributed by atoms with Gasteiger partial charge in [0.25, 0.3) is 0 Å². The molecule has 0 aromatic heterocycles. The van der Waals surface area contributed by atoms with Gasteiger partial charge in [-0.3, -0.25) is 4.90 Å². The molecule has 1 aromatic rings. The number of methoxy groups -OCH3 is 1. The fourth-order valence-electron chi connectivity index (χ4n) is 3.89. The Labute approximate surface area is 156 Å². The molecular formula is C21H31NO4. The number of hydrogen-bond donors (Lipinski definition) is 1. The minimum Gasteiger partial charge on any atom is -0.496 e. The topological polar surface area (TPSA) is 51.2 Å². The maximum atomic E-state index is 10.1. The molecule has 2 aliphatic heterocycles. The first-order chi connectivity index (χ1) is 12.5. The van der Waals surface area contributed by atoms with Gasteiger partial charge >= 0.3 is 0 Å². The molecule has 26 heavy (non-hydrogen) atoms. The van der Waals surface area contributed by atoms with Gasteiger partial charge in [0, 0.05) is 30.1 Å². The lowest BCUT2D eigenvalue weighted by Gasteiger charge is -2.41. The predicted molar refractivity (Wildman–Crippen MR) is 102 cm³/mol. The molecule has 2 aliphatic rings. The first-order valence-corrected chi connectivity index (χ1v) is 9.48. The summed E-state index contributed by atoms with van der Waals surface area (Å²) in [5, 5.41) is 10.1. The van der Waals surface area contributed by atoms with Crippen LogP contribution in [0.15, 0.2) is 23.8 Å². The van der Waals surface area contributed by atoms with Crippen molar-refractivity contribution in [1.29, 1.82) is 0 Å². The minimum absolute atomic E-state index is 0.0451. The SMILES string of the molecule is COc1cc2c(cc1CN1CCC[C@](CO)(CC=C(C)C)C1)OCCO2. The molecule has 0 spiro atoms. The highest BCUT2D eigenvalue weighted by atomic mass is 16.6. The van der Waals surface area contributed by atoms with Crippen molar-refractivity contribution >= 4 is 0 Å². The number of nitrogens with zero attached hydrogens (tertiary/aromatic N) is 1. The molecular weight excluding hydrogens is 330 g/mol. The molecule has 144 valence electrons. The molecule has 1 saturated heterocycles. The molecule has 1 N–H and O–H groups in total. The van der Waals surface area contributed by atoms with Crippen LogP contribution < -0.4 is 14.2 Å². The van der Waals surface area contributed by atoms with E-state index in [-0.39, 0.29) is 12.0 Å². The van der Waals surface area contributed by atoms with Gasteiger partial charge in [0.2, 0.25) is 0 Å². The Bertz CT molecular complexity index is 654. The van der Waals surface area contributed by atoms with Gasteiger partial charge < -0.3 is 19.3 Å². The van der Waals surface area contributed by atoms with E-state index in [9.17, 15) is 5.11 Å². The Morgan fingerprint density at radius 2 is 2.00 bits per heavy atom. The van der Waals surface area contributed by atoms with Crippen molar-refractivity contribution < 1.29 is 19.3 Å². The quantitative estimate of drug-likeness (QED) is 0.787. The Hall–Kier alpha value is -1.72. The molecule has 1 fully saturated rings. The molecule has 5 heteroatoms. The Balaban J connectivity index is 1.76. The summed E-state index contributed by atoms with van der Waals surface area (Å²) < 4.78 is 17.0. The van der Waals surface area contributed by atoms with Crippen LogP contribution >= 0.6 is 0 Å². The molecule has 0 saturated carbocycles.